The van der Waals surface area contributed by atoms with Crippen LogP contribution in [0.15, 0.2) is 42.6 Å². The molecule has 4 heteroatoms. The molecule has 0 spiro atoms. The Hall–Kier alpha value is -2.62. The van der Waals surface area contributed by atoms with Crippen LogP contribution in [0.4, 0.5) is 0 Å². The quantitative estimate of drug-likeness (QED) is 0.802. The standard InChI is InChI=1S/C18H18N2O2/c1-12-3-5-14(6-4-12)7-8-15-17(18(21)22)20-10-9-13(2)11-16(20)19-15/h3-6,9-11H,7-8H2,1-2H3,(H,21,22). The number of nitrogens with zero attached hydrogens (tertiary/aromatic N) is 2. The fourth-order valence-electron chi connectivity index (χ4n) is 2.61. The zero-order valence-corrected chi connectivity index (χ0v) is 12.7. The Labute approximate surface area is 129 Å². The van der Waals surface area contributed by atoms with E-state index in [2.05, 4.69) is 36.2 Å². The molecule has 0 atom stereocenters. The van der Waals surface area contributed by atoms with Crippen LogP contribution in [0.1, 0.15) is 32.9 Å². The first-order valence-corrected chi connectivity index (χ1v) is 7.31. The van der Waals surface area contributed by atoms with Crippen molar-refractivity contribution in [2.24, 2.45) is 0 Å². The van der Waals surface area contributed by atoms with Gasteiger partial charge in [-0.2, -0.15) is 0 Å². The Morgan fingerprint density at radius 3 is 2.50 bits per heavy atom. The number of fused-ring (bicyclic) bond motifs is 1. The number of benzene rings is 1. The summed E-state index contributed by atoms with van der Waals surface area (Å²) in [6.07, 6.45) is 3.17. The molecule has 0 saturated heterocycles. The summed E-state index contributed by atoms with van der Waals surface area (Å²) in [6, 6.07) is 12.1. The van der Waals surface area contributed by atoms with Gasteiger partial charge in [0.1, 0.15) is 5.65 Å². The first kappa shape index (κ1) is 14.3. The monoisotopic (exact) mass is 294 g/mol. The van der Waals surface area contributed by atoms with Crippen molar-refractivity contribution >= 4 is 11.6 Å². The second kappa shape index (κ2) is 5.64. The molecule has 4 nitrogen and oxygen atoms in total. The third-order valence-electron chi connectivity index (χ3n) is 3.83. The van der Waals surface area contributed by atoms with Crippen molar-refractivity contribution in [3.05, 3.63) is 70.7 Å². The first-order valence-electron chi connectivity index (χ1n) is 7.31. The molecule has 1 N–H and O–H groups in total. The molecule has 3 aromatic rings. The van der Waals surface area contributed by atoms with Crippen molar-refractivity contribution in [2.45, 2.75) is 26.7 Å². The van der Waals surface area contributed by atoms with Gasteiger partial charge in [-0.1, -0.05) is 29.8 Å². The van der Waals surface area contributed by atoms with Gasteiger partial charge in [-0.05, 0) is 49.9 Å². The van der Waals surface area contributed by atoms with Crippen molar-refractivity contribution < 1.29 is 9.90 Å². The zero-order chi connectivity index (χ0) is 15.7. The summed E-state index contributed by atoms with van der Waals surface area (Å²) < 4.78 is 1.65. The average Bonchev–Trinajstić information content (AvgIpc) is 2.84. The molecule has 0 unspecified atom stereocenters. The summed E-state index contributed by atoms with van der Waals surface area (Å²) in [4.78, 5) is 16.1. The van der Waals surface area contributed by atoms with E-state index in [-0.39, 0.29) is 5.69 Å². The maximum Gasteiger partial charge on any atom is 0.354 e. The molecular formula is C18H18N2O2. The van der Waals surface area contributed by atoms with E-state index in [1.165, 1.54) is 11.1 Å². The maximum absolute atomic E-state index is 11.6. The van der Waals surface area contributed by atoms with Crippen LogP contribution >= 0.6 is 0 Å². The zero-order valence-electron chi connectivity index (χ0n) is 12.7. The van der Waals surface area contributed by atoms with Crippen LogP contribution in [0.5, 0.6) is 0 Å². The molecular weight excluding hydrogens is 276 g/mol. The number of carboxylic acid groups (broad SMARTS) is 1. The maximum atomic E-state index is 11.6. The highest BCUT2D eigenvalue weighted by Crippen LogP contribution is 2.17. The second-order valence-corrected chi connectivity index (χ2v) is 5.63. The Morgan fingerprint density at radius 2 is 1.82 bits per heavy atom. The number of aryl methyl sites for hydroxylation is 4. The van der Waals surface area contributed by atoms with E-state index >= 15 is 0 Å². The first-order chi connectivity index (χ1) is 10.5. The number of aromatic carboxylic acids is 1. The van der Waals surface area contributed by atoms with E-state index in [4.69, 9.17) is 0 Å². The van der Waals surface area contributed by atoms with Crippen LogP contribution in [0.2, 0.25) is 0 Å². The molecule has 0 fully saturated rings. The van der Waals surface area contributed by atoms with Crippen LogP contribution in [-0.2, 0) is 12.8 Å². The van der Waals surface area contributed by atoms with Crippen LogP contribution in [0, 0.1) is 13.8 Å². The minimum Gasteiger partial charge on any atom is -0.477 e. The SMILES string of the molecule is Cc1ccc(CCc2nc3cc(C)ccn3c2C(=O)O)cc1. The van der Waals surface area contributed by atoms with Crippen molar-refractivity contribution in [1.29, 1.82) is 0 Å². The molecule has 0 radical (unpaired) electrons. The van der Waals surface area contributed by atoms with E-state index in [1.54, 1.807) is 10.6 Å². The topological polar surface area (TPSA) is 54.6 Å². The molecule has 2 aromatic heterocycles. The third kappa shape index (κ3) is 2.72. The molecule has 22 heavy (non-hydrogen) atoms. The predicted octanol–water partition coefficient (Wildman–Crippen LogP) is 3.43. The summed E-state index contributed by atoms with van der Waals surface area (Å²) in [5.74, 6) is -0.935. The summed E-state index contributed by atoms with van der Waals surface area (Å²) in [5.41, 5.74) is 5.07. The van der Waals surface area contributed by atoms with Gasteiger partial charge in [0, 0.05) is 6.20 Å². The van der Waals surface area contributed by atoms with Crippen molar-refractivity contribution in [3.63, 3.8) is 0 Å². The van der Waals surface area contributed by atoms with Gasteiger partial charge in [-0.25, -0.2) is 9.78 Å². The lowest BCUT2D eigenvalue weighted by molar-refractivity contribution is 0.0688. The fraction of sp³-hybridized carbons (Fsp3) is 0.222. The highest BCUT2D eigenvalue weighted by Gasteiger charge is 2.18. The predicted molar refractivity (Wildman–Crippen MR) is 85.5 cm³/mol. The molecule has 1 aromatic carbocycles. The third-order valence-corrected chi connectivity index (χ3v) is 3.83. The number of imidazole rings is 1. The number of pyridine rings is 1. The van der Waals surface area contributed by atoms with Gasteiger partial charge in [0.15, 0.2) is 5.69 Å². The molecule has 0 aliphatic rings. The molecule has 0 bridgehead atoms. The molecule has 0 saturated carbocycles. The number of aromatic nitrogens is 2. The smallest absolute Gasteiger partial charge is 0.354 e. The van der Waals surface area contributed by atoms with E-state index in [1.807, 2.05) is 19.1 Å². The van der Waals surface area contributed by atoms with E-state index in [9.17, 15) is 9.90 Å². The Balaban J connectivity index is 1.94. The normalized spacial score (nSPS) is 11.0. The molecule has 2 heterocycles. The Kier molecular flexibility index (Phi) is 3.67. The van der Waals surface area contributed by atoms with Crippen LogP contribution in [0.3, 0.4) is 0 Å². The van der Waals surface area contributed by atoms with E-state index in [0.717, 1.165) is 12.0 Å². The summed E-state index contributed by atoms with van der Waals surface area (Å²) in [7, 11) is 0. The van der Waals surface area contributed by atoms with Gasteiger partial charge < -0.3 is 5.11 Å². The van der Waals surface area contributed by atoms with E-state index in [0.29, 0.717) is 17.8 Å². The molecule has 0 aliphatic carbocycles. The molecule has 3 rings (SSSR count). The van der Waals surface area contributed by atoms with Gasteiger partial charge in [-0.3, -0.25) is 4.40 Å². The lowest BCUT2D eigenvalue weighted by Crippen LogP contribution is -2.06. The summed E-state index contributed by atoms with van der Waals surface area (Å²) in [5, 5.41) is 9.49. The van der Waals surface area contributed by atoms with Gasteiger partial charge in [-0.15, -0.1) is 0 Å². The van der Waals surface area contributed by atoms with Crippen molar-refractivity contribution in [2.75, 3.05) is 0 Å². The van der Waals surface area contributed by atoms with Gasteiger partial charge in [0.25, 0.3) is 0 Å². The molecule has 0 amide bonds. The lowest BCUT2D eigenvalue weighted by Gasteiger charge is -2.02. The second-order valence-electron chi connectivity index (χ2n) is 5.63. The van der Waals surface area contributed by atoms with Gasteiger partial charge >= 0.3 is 5.97 Å². The fourth-order valence-corrected chi connectivity index (χ4v) is 2.61. The summed E-state index contributed by atoms with van der Waals surface area (Å²) >= 11 is 0. The van der Waals surface area contributed by atoms with Crippen LogP contribution < -0.4 is 0 Å². The summed E-state index contributed by atoms with van der Waals surface area (Å²) in [6.45, 7) is 4.03. The minimum atomic E-state index is -0.935. The molecule has 0 aliphatic heterocycles. The van der Waals surface area contributed by atoms with Crippen LogP contribution in [0.25, 0.3) is 5.65 Å². The highest BCUT2D eigenvalue weighted by molar-refractivity contribution is 5.88. The largest absolute Gasteiger partial charge is 0.477 e. The number of carboxylic acids is 1. The number of hydrogen-bond acceptors (Lipinski definition) is 2. The van der Waals surface area contributed by atoms with Crippen LogP contribution in [-0.4, -0.2) is 20.5 Å². The lowest BCUT2D eigenvalue weighted by atomic mass is 10.1. The molecule has 112 valence electrons. The van der Waals surface area contributed by atoms with Crippen molar-refractivity contribution in [1.82, 2.24) is 9.38 Å². The van der Waals surface area contributed by atoms with Gasteiger partial charge in [0.05, 0.1) is 5.69 Å². The van der Waals surface area contributed by atoms with Crippen molar-refractivity contribution in [3.8, 4) is 0 Å². The number of carbonyl (C=O) groups is 1. The number of rotatable bonds is 4. The Morgan fingerprint density at radius 1 is 1.09 bits per heavy atom. The van der Waals surface area contributed by atoms with E-state index < -0.39 is 5.97 Å². The Bertz CT molecular complexity index is 832. The van der Waals surface area contributed by atoms with Gasteiger partial charge in [0.2, 0.25) is 0 Å². The average molecular weight is 294 g/mol. The number of hydrogen-bond donors (Lipinski definition) is 1. The minimum absolute atomic E-state index is 0.266. The highest BCUT2D eigenvalue weighted by atomic mass is 16.4.